The minimum absolute atomic E-state index is 0.0603. The summed E-state index contributed by atoms with van der Waals surface area (Å²) in [6.45, 7) is 5.02. The van der Waals surface area contributed by atoms with Crippen molar-refractivity contribution in [2.75, 3.05) is 18.8 Å². The first-order valence-corrected chi connectivity index (χ1v) is 8.21. The van der Waals surface area contributed by atoms with Gasteiger partial charge in [0.2, 0.25) is 10.0 Å². The molecule has 1 fully saturated rings. The second-order valence-electron chi connectivity index (χ2n) is 5.59. The predicted octanol–water partition coefficient (Wildman–Crippen LogP) is 1.84. The molecular weight excluding hydrogens is 294 g/mol. The van der Waals surface area contributed by atoms with Gasteiger partial charge in [-0.15, -0.1) is 0 Å². The summed E-state index contributed by atoms with van der Waals surface area (Å²) in [6, 6.07) is 3.47. The molecule has 2 N–H and O–H groups in total. The minimum atomic E-state index is -3.71. The van der Waals surface area contributed by atoms with Crippen LogP contribution in [0.4, 0.5) is 11.4 Å². The third kappa shape index (κ3) is 3.01. The standard InChI is InChI=1S/C13H19N3O4S/c1-9-5-6-15(8-10(9)2)21(19,20)13-4-3-11(16(17)18)7-12(13)14/h3-4,7,9-10H,5-6,8,14H2,1-2H3. The highest BCUT2D eigenvalue weighted by atomic mass is 32.2. The predicted molar refractivity (Wildman–Crippen MR) is 79.2 cm³/mol. The van der Waals surface area contributed by atoms with Gasteiger partial charge in [-0.3, -0.25) is 10.1 Å². The van der Waals surface area contributed by atoms with Gasteiger partial charge in [0.15, 0.2) is 0 Å². The first-order chi connectivity index (χ1) is 9.73. The SMILES string of the molecule is CC1CCN(S(=O)(=O)c2ccc([N+](=O)[O-])cc2N)CC1C. The smallest absolute Gasteiger partial charge is 0.271 e. The van der Waals surface area contributed by atoms with E-state index in [0.29, 0.717) is 19.0 Å². The molecule has 1 aliphatic rings. The van der Waals surface area contributed by atoms with Crippen LogP contribution in [0.3, 0.4) is 0 Å². The topological polar surface area (TPSA) is 107 Å². The highest BCUT2D eigenvalue weighted by molar-refractivity contribution is 7.89. The molecule has 0 saturated carbocycles. The molecule has 8 heteroatoms. The molecule has 0 aromatic heterocycles. The first-order valence-electron chi connectivity index (χ1n) is 6.77. The molecule has 2 rings (SSSR count). The van der Waals surface area contributed by atoms with Crippen LogP contribution in [-0.2, 0) is 10.0 Å². The third-order valence-corrected chi connectivity index (χ3v) is 6.06. The van der Waals surface area contributed by atoms with E-state index in [0.717, 1.165) is 12.5 Å². The normalized spacial score (nSPS) is 23.9. The molecule has 116 valence electrons. The van der Waals surface area contributed by atoms with Crippen LogP contribution in [0.25, 0.3) is 0 Å². The zero-order chi connectivity index (χ0) is 15.8. The van der Waals surface area contributed by atoms with E-state index < -0.39 is 14.9 Å². The van der Waals surface area contributed by atoms with Gasteiger partial charge >= 0.3 is 0 Å². The lowest BCUT2D eigenvalue weighted by Crippen LogP contribution is -2.42. The average Bonchev–Trinajstić information content (AvgIpc) is 2.41. The van der Waals surface area contributed by atoms with Gasteiger partial charge in [-0.05, 0) is 24.3 Å². The highest BCUT2D eigenvalue weighted by Crippen LogP contribution is 2.31. The molecule has 0 aliphatic carbocycles. The number of nitro benzene ring substituents is 1. The Kier molecular flexibility index (Phi) is 4.20. The van der Waals surface area contributed by atoms with E-state index in [1.807, 2.05) is 6.92 Å². The maximum absolute atomic E-state index is 12.6. The van der Waals surface area contributed by atoms with Crippen molar-refractivity contribution < 1.29 is 13.3 Å². The van der Waals surface area contributed by atoms with Crippen molar-refractivity contribution in [3.63, 3.8) is 0 Å². The summed E-state index contributed by atoms with van der Waals surface area (Å²) in [5, 5.41) is 10.7. The number of piperidine rings is 1. The fourth-order valence-electron chi connectivity index (χ4n) is 2.47. The van der Waals surface area contributed by atoms with Crippen molar-refractivity contribution in [1.82, 2.24) is 4.31 Å². The summed E-state index contributed by atoms with van der Waals surface area (Å²) in [5.74, 6) is 0.749. The van der Waals surface area contributed by atoms with E-state index in [1.54, 1.807) is 0 Å². The van der Waals surface area contributed by atoms with Crippen LogP contribution in [0.1, 0.15) is 20.3 Å². The molecule has 1 aliphatic heterocycles. The molecule has 1 aromatic rings. The lowest BCUT2D eigenvalue weighted by molar-refractivity contribution is -0.384. The van der Waals surface area contributed by atoms with Gasteiger partial charge in [0.25, 0.3) is 5.69 Å². The molecular formula is C13H19N3O4S. The number of nitro groups is 1. The van der Waals surface area contributed by atoms with Crippen molar-refractivity contribution in [3.05, 3.63) is 28.3 Å². The number of benzene rings is 1. The van der Waals surface area contributed by atoms with Crippen LogP contribution < -0.4 is 5.73 Å². The van der Waals surface area contributed by atoms with Crippen LogP contribution in [0.5, 0.6) is 0 Å². The molecule has 1 heterocycles. The van der Waals surface area contributed by atoms with Crippen LogP contribution in [-0.4, -0.2) is 30.7 Å². The number of nitrogen functional groups attached to an aromatic ring is 1. The largest absolute Gasteiger partial charge is 0.397 e. The van der Waals surface area contributed by atoms with Crippen LogP contribution in [0, 0.1) is 22.0 Å². The summed E-state index contributed by atoms with van der Waals surface area (Å²) < 4.78 is 26.6. The Hall–Kier alpha value is -1.67. The van der Waals surface area contributed by atoms with Crippen molar-refractivity contribution in [2.45, 2.75) is 25.2 Å². The van der Waals surface area contributed by atoms with Crippen LogP contribution >= 0.6 is 0 Å². The highest BCUT2D eigenvalue weighted by Gasteiger charge is 2.33. The van der Waals surface area contributed by atoms with E-state index in [4.69, 9.17) is 5.73 Å². The quantitative estimate of drug-likeness (QED) is 0.520. The number of nitrogens with zero attached hydrogens (tertiary/aromatic N) is 2. The number of non-ortho nitro benzene ring substituents is 1. The second-order valence-corrected chi connectivity index (χ2v) is 7.49. The zero-order valence-corrected chi connectivity index (χ0v) is 12.8. The summed E-state index contributed by atoms with van der Waals surface area (Å²) in [4.78, 5) is 10.0. The first kappa shape index (κ1) is 15.7. The molecule has 1 saturated heterocycles. The Balaban J connectivity index is 2.34. The Bertz CT molecular complexity index is 659. The fourth-order valence-corrected chi connectivity index (χ4v) is 4.12. The lowest BCUT2D eigenvalue weighted by Gasteiger charge is -2.34. The number of sulfonamides is 1. The summed E-state index contributed by atoms with van der Waals surface area (Å²) in [5.41, 5.74) is 5.40. The number of hydrogen-bond donors (Lipinski definition) is 1. The minimum Gasteiger partial charge on any atom is -0.397 e. The average molecular weight is 313 g/mol. The Morgan fingerprint density at radius 3 is 2.52 bits per heavy atom. The summed E-state index contributed by atoms with van der Waals surface area (Å²) in [6.07, 6.45) is 0.799. The van der Waals surface area contributed by atoms with Gasteiger partial charge in [-0.25, -0.2) is 8.42 Å². The maximum Gasteiger partial charge on any atom is 0.271 e. The molecule has 2 atom stereocenters. The molecule has 21 heavy (non-hydrogen) atoms. The third-order valence-electron chi connectivity index (χ3n) is 4.12. The number of nitrogens with two attached hydrogens (primary N) is 1. The van der Waals surface area contributed by atoms with Gasteiger partial charge in [0.05, 0.1) is 10.6 Å². The van der Waals surface area contributed by atoms with Gasteiger partial charge in [0, 0.05) is 25.2 Å². The molecule has 0 radical (unpaired) electrons. The number of rotatable bonds is 3. The van der Waals surface area contributed by atoms with Crippen LogP contribution in [0.2, 0.25) is 0 Å². The van der Waals surface area contributed by atoms with Crippen molar-refractivity contribution >= 4 is 21.4 Å². The Labute approximate surface area is 123 Å². The Morgan fingerprint density at radius 1 is 1.33 bits per heavy atom. The van der Waals surface area contributed by atoms with Gasteiger partial charge in [-0.2, -0.15) is 4.31 Å². The summed E-state index contributed by atoms with van der Waals surface area (Å²) in [7, 11) is -3.71. The Morgan fingerprint density at radius 2 is 2.00 bits per heavy atom. The zero-order valence-electron chi connectivity index (χ0n) is 12.0. The second kappa shape index (κ2) is 5.61. The van der Waals surface area contributed by atoms with E-state index in [1.165, 1.54) is 16.4 Å². The number of hydrogen-bond acceptors (Lipinski definition) is 5. The summed E-state index contributed by atoms with van der Waals surface area (Å²) >= 11 is 0. The molecule has 0 spiro atoms. The lowest BCUT2D eigenvalue weighted by atomic mass is 9.90. The fraction of sp³-hybridized carbons (Fsp3) is 0.538. The van der Waals surface area contributed by atoms with E-state index in [9.17, 15) is 18.5 Å². The van der Waals surface area contributed by atoms with E-state index in [2.05, 4.69) is 6.92 Å². The maximum atomic E-state index is 12.6. The molecule has 2 unspecified atom stereocenters. The van der Waals surface area contributed by atoms with Crippen LogP contribution in [0.15, 0.2) is 23.1 Å². The van der Waals surface area contributed by atoms with E-state index >= 15 is 0 Å². The molecule has 0 bridgehead atoms. The van der Waals surface area contributed by atoms with Crippen molar-refractivity contribution in [1.29, 1.82) is 0 Å². The van der Waals surface area contributed by atoms with Gasteiger partial charge in [-0.1, -0.05) is 13.8 Å². The number of anilines is 1. The van der Waals surface area contributed by atoms with E-state index in [-0.39, 0.29) is 22.2 Å². The monoisotopic (exact) mass is 313 g/mol. The van der Waals surface area contributed by atoms with Crippen molar-refractivity contribution in [2.24, 2.45) is 11.8 Å². The molecule has 7 nitrogen and oxygen atoms in total. The van der Waals surface area contributed by atoms with Gasteiger partial charge in [0.1, 0.15) is 4.90 Å². The van der Waals surface area contributed by atoms with Crippen molar-refractivity contribution in [3.8, 4) is 0 Å². The molecule has 0 amide bonds. The van der Waals surface area contributed by atoms with Gasteiger partial charge < -0.3 is 5.73 Å². The molecule has 1 aromatic carbocycles.